The number of anilines is 2. The summed E-state index contributed by atoms with van der Waals surface area (Å²) in [5.41, 5.74) is 0. The van der Waals surface area contributed by atoms with Crippen molar-refractivity contribution >= 4 is 21.7 Å². The standard InChI is InChI=1S/C17H21FN4O2S/c18-13-7-9-15(10-8-13)25(23,24)22-17-12-11-16(20-21-17)19-14-5-3-1-2-4-6-14/h7-12,14H,1-6H2,(H,19,20)(H,21,22). The predicted molar refractivity (Wildman–Crippen MR) is 94.4 cm³/mol. The molecule has 2 N–H and O–H groups in total. The van der Waals surface area contributed by atoms with Gasteiger partial charge in [0.25, 0.3) is 10.0 Å². The van der Waals surface area contributed by atoms with Gasteiger partial charge >= 0.3 is 0 Å². The molecular weight excluding hydrogens is 343 g/mol. The molecule has 0 atom stereocenters. The van der Waals surface area contributed by atoms with Crippen molar-refractivity contribution in [2.45, 2.75) is 49.5 Å². The number of hydrogen-bond donors (Lipinski definition) is 2. The van der Waals surface area contributed by atoms with E-state index in [-0.39, 0.29) is 10.7 Å². The second kappa shape index (κ2) is 7.77. The van der Waals surface area contributed by atoms with Gasteiger partial charge in [0.05, 0.1) is 4.90 Å². The maximum Gasteiger partial charge on any atom is 0.263 e. The average Bonchev–Trinajstić information content (AvgIpc) is 2.85. The Balaban J connectivity index is 1.64. The Hall–Kier alpha value is -2.22. The number of nitrogens with zero attached hydrogens (tertiary/aromatic N) is 2. The average molecular weight is 364 g/mol. The van der Waals surface area contributed by atoms with Crippen LogP contribution in [0.5, 0.6) is 0 Å². The molecule has 1 aliphatic carbocycles. The summed E-state index contributed by atoms with van der Waals surface area (Å²) in [4.78, 5) is -0.0312. The summed E-state index contributed by atoms with van der Waals surface area (Å²) in [6.07, 6.45) is 7.18. The highest BCUT2D eigenvalue weighted by Crippen LogP contribution is 2.21. The third-order valence-electron chi connectivity index (χ3n) is 4.23. The van der Waals surface area contributed by atoms with Crippen LogP contribution in [-0.2, 0) is 10.0 Å². The summed E-state index contributed by atoms with van der Waals surface area (Å²) in [7, 11) is -3.81. The monoisotopic (exact) mass is 364 g/mol. The van der Waals surface area contributed by atoms with Crippen LogP contribution in [0.2, 0.25) is 0 Å². The van der Waals surface area contributed by atoms with Crippen LogP contribution in [0.3, 0.4) is 0 Å². The highest BCUT2D eigenvalue weighted by Gasteiger charge is 2.16. The Morgan fingerprint density at radius 3 is 2.08 bits per heavy atom. The number of sulfonamides is 1. The molecule has 134 valence electrons. The summed E-state index contributed by atoms with van der Waals surface area (Å²) in [6, 6.07) is 8.26. The minimum atomic E-state index is -3.81. The van der Waals surface area contributed by atoms with E-state index in [0.29, 0.717) is 11.9 Å². The second-order valence-corrected chi connectivity index (χ2v) is 7.88. The quantitative estimate of drug-likeness (QED) is 0.793. The molecular formula is C17H21FN4O2S. The van der Waals surface area contributed by atoms with Crippen LogP contribution in [-0.4, -0.2) is 24.7 Å². The Bertz CT molecular complexity index is 786. The van der Waals surface area contributed by atoms with Gasteiger partial charge in [-0.25, -0.2) is 12.8 Å². The van der Waals surface area contributed by atoms with Gasteiger partial charge in [-0.05, 0) is 49.2 Å². The molecule has 8 heteroatoms. The third kappa shape index (κ3) is 4.88. The molecule has 6 nitrogen and oxygen atoms in total. The van der Waals surface area contributed by atoms with Crippen molar-refractivity contribution in [3.05, 3.63) is 42.2 Å². The van der Waals surface area contributed by atoms with Crippen molar-refractivity contribution < 1.29 is 12.8 Å². The molecule has 0 bridgehead atoms. The van der Waals surface area contributed by atoms with E-state index in [0.717, 1.165) is 25.0 Å². The summed E-state index contributed by atoms with van der Waals surface area (Å²) in [6.45, 7) is 0. The molecule has 1 aromatic carbocycles. The Kier molecular flexibility index (Phi) is 5.47. The first-order chi connectivity index (χ1) is 12.0. The van der Waals surface area contributed by atoms with Crippen molar-refractivity contribution in [2.24, 2.45) is 0 Å². The van der Waals surface area contributed by atoms with Crippen LogP contribution in [0, 0.1) is 5.82 Å². The van der Waals surface area contributed by atoms with Gasteiger partial charge < -0.3 is 5.32 Å². The van der Waals surface area contributed by atoms with E-state index in [1.807, 2.05) is 0 Å². The molecule has 2 aromatic rings. The molecule has 0 amide bonds. The lowest BCUT2D eigenvalue weighted by molar-refractivity contribution is 0.599. The van der Waals surface area contributed by atoms with Crippen molar-refractivity contribution in [2.75, 3.05) is 10.0 Å². The molecule has 0 radical (unpaired) electrons. The van der Waals surface area contributed by atoms with Crippen LogP contribution < -0.4 is 10.0 Å². The molecule has 0 unspecified atom stereocenters. The predicted octanol–water partition coefficient (Wildman–Crippen LogP) is 3.55. The van der Waals surface area contributed by atoms with Gasteiger partial charge in [0, 0.05) is 6.04 Å². The van der Waals surface area contributed by atoms with Crippen LogP contribution in [0.4, 0.5) is 16.0 Å². The Morgan fingerprint density at radius 2 is 1.48 bits per heavy atom. The first-order valence-electron chi connectivity index (χ1n) is 8.41. The topological polar surface area (TPSA) is 84.0 Å². The fourth-order valence-electron chi connectivity index (χ4n) is 2.91. The normalized spacial score (nSPS) is 16.2. The van der Waals surface area contributed by atoms with Crippen LogP contribution in [0.1, 0.15) is 38.5 Å². The number of halogens is 1. The van der Waals surface area contributed by atoms with Crippen LogP contribution >= 0.6 is 0 Å². The summed E-state index contributed by atoms with van der Waals surface area (Å²) < 4.78 is 39.7. The number of benzene rings is 1. The van der Waals surface area contributed by atoms with Gasteiger partial charge in [-0.3, -0.25) is 4.72 Å². The van der Waals surface area contributed by atoms with Gasteiger partial charge in [0.1, 0.15) is 11.6 Å². The van der Waals surface area contributed by atoms with Crippen LogP contribution in [0.15, 0.2) is 41.3 Å². The Morgan fingerprint density at radius 1 is 0.880 bits per heavy atom. The fraction of sp³-hybridized carbons (Fsp3) is 0.412. The lowest BCUT2D eigenvalue weighted by Crippen LogP contribution is -2.20. The van der Waals surface area contributed by atoms with E-state index in [9.17, 15) is 12.8 Å². The molecule has 25 heavy (non-hydrogen) atoms. The maximum absolute atomic E-state index is 12.9. The fourth-order valence-corrected chi connectivity index (χ4v) is 3.90. The van der Waals surface area contributed by atoms with E-state index in [2.05, 4.69) is 20.2 Å². The van der Waals surface area contributed by atoms with Gasteiger partial charge in [0.2, 0.25) is 0 Å². The van der Waals surface area contributed by atoms with Gasteiger partial charge in [-0.2, -0.15) is 0 Å². The lowest BCUT2D eigenvalue weighted by Gasteiger charge is -2.16. The van der Waals surface area contributed by atoms with Gasteiger partial charge in [-0.15, -0.1) is 10.2 Å². The van der Waals surface area contributed by atoms with Crippen LogP contribution in [0.25, 0.3) is 0 Å². The molecule has 0 aliphatic heterocycles. The van der Waals surface area contributed by atoms with Crippen molar-refractivity contribution in [3.8, 4) is 0 Å². The highest BCUT2D eigenvalue weighted by atomic mass is 32.2. The first-order valence-corrected chi connectivity index (χ1v) is 9.90. The second-order valence-electron chi connectivity index (χ2n) is 6.20. The molecule has 3 rings (SSSR count). The summed E-state index contributed by atoms with van der Waals surface area (Å²) in [5.74, 6) is 0.264. The maximum atomic E-state index is 12.9. The van der Waals surface area contributed by atoms with E-state index >= 15 is 0 Å². The van der Waals surface area contributed by atoms with Crippen molar-refractivity contribution in [1.29, 1.82) is 0 Å². The molecule has 1 fully saturated rings. The highest BCUT2D eigenvalue weighted by molar-refractivity contribution is 7.92. The molecule has 0 spiro atoms. The smallest absolute Gasteiger partial charge is 0.263 e. The Labute approximate surface area is 146 Å². The lowest BCUT2D eigenvalue weighted by atomic mass is 10.1. The minimum Gasteiger partial charge on any atom is -0.366 e. The first kappa shape index (κ1) is 17.6. The third-order valence-corrected chi connectivity index (χ3v) is 5.61. The zero-order valence-electron chi connectivity index (χ0n) is 13.8. The van der Waals surface area contributed by atoms with Crippen molar-refractivity contribution in [1.82, 2.24) is 10.2 Å². The number of hydrogen-bond acceptors (Lipinski definition) is 5. The zero-order valence-corrected chi connectivity index (χ0v) is 14.6. The number of rotatable bonds is 5. The summed E-state index contributed by atoms with van der Waals surface area (Å²) >= 11 is 0. The molecule has 1 aromatic heterocycles. The van der Waals surface area contributed by atoms with Gasteiger partial charge in [0.15, 0.2) is 5.82 Å². The van der Waals surface area contributed by atoms with E-state index in [1.165, 1.54) is 37.8 Å². The summed E-state index contributed by atoms with van der Waals surface area (Å²) in [5, 5.41) is 11.3. The number of nitrogens with one attached hydrogen (secondary N) is 2. The van der Waals surface area contributed by atoms with E-state index in [1.54, 1.807) is 12.1 Å². The SMILES string of the molecule is O=S(=O)(Nc1ccc(NC2CCCCCC2)nn1)c1ccc(F)cc1. The zero-order chi connectivity index (χ0) is 17.7. The number of aromatic nitrogens is 2. The molecule has 1 heterocycles. The van der Waals surface area contributed by atoms with Crippen molar-refractivity contribution in [3.63, 3.8) is 0 Å². The molecule has 1 aliphatic rings. The van der Waals surface area contributed by atoms with Gasteiger partial charge in [-0.1, -0.05) is 25.7 Å². The molecule has 1 saturated carbocycles. The molecule has 0 saturated heterocycles. The van der Waals surface area contributed by atoms with E-state index in [4.69, 9.17) is 0 Å². The van der Waals surface area contributed by atoms with E-state index < -0.39 is 15.8 Å². The minimum absolute atomic E-state index is 0.0312. The largest absolute Gasteiger partial charge is 0.366 e.